The first-order chi connectivity index (χ1) is 8.08. The van der Waals surface area contributed by atoms with E-state index in [0.717, 1.165) is 5.69 Å². The Kier molecular flexibility index (Phi) is 2.82. The fourth-order valence-corrected chi connectivity index (χ4v) is 1.35. The third-order valence-electron chi connectivity index (χ3n) is 2.36. The van der Waals surface area contributed by atoms with Gasteiger partial charge in [-0.1, -0.05) is 13.8 Å². The Morgan fingerprint density at radius 3 is 2.76 bits per heavy atom. The molecule has 17 heavy (non-hydrogen) atoms. The van der Waals surface area contributed by atoms with Crippen molar-refractivity contribution in [2.45, 2.75) is 19.8 Å². The van der Waals surface area contributed by atoms with E-state index >= 15 is 0 Å². The van der Waals surface area contributed by atoms with Crippen molar-refractivity contribution in [1.82, 2.24) is 20.4 Å². The molecule has 90 valence electrons. The molecule has 0 aliphatic rings. The van der Waals surface area contributed by atoms with Crippen LogP contribution >= 0.6 is 0 Å². The summed E-state index contributed by atoms with van der Waals surface area (Å²) in [5.41, 5.74) is 7.06. The molecule has 0 fully saturated rings. The minimum absolute atomic E-state index is 0.235. The summed E-state index contributed by atoms with van der Waals surface area (Å²) in [6, 6.07) is 1.79. The zero-order valence-corrected chi connectivity index (χ0v) is 9.61. The highest BCUT2D eigenvalue weighted by molar-refractivity contribution is 6.05. The number of hydrogen-bond donors (Lipinski definition) is 4. The minimum atomic E-state index is -0.359. The normalized spacial score (nSPS) is 10.8. The van der Waals surface area contributed by atoms with Gasteiger partial charge in [0.25, 0.3) is 5.91 Å². The lowest BCUT2D eigenvalue weighted by atomic mass is 10.1. The lowest BCUT2D eigenvalue weighted by Gasteiger charge is -1.99. The van der Waals surface area contributed by atoms with Crippen molar-refractivity contribution in [3.8, 4) is 0 Å². The summed E-state index contributed by atoms with van der Waals surface area (Å²) < 4.78 is 0. The maximum atomic E-state index is 11.8. The van der Waals surface area contributed by atoms with E-state index in [4.69, 9.17) is 5.73 Å². The molecule has 5 N–H and O–H groups in total. The van der Waals surface area contributed by atoms with Gasteiger partial charge in [-0.05, 0) is 5.92 Å². The van der Waals surface area contributed by atoms with Crippen LogP contribution in [0, 0.1) is 0 Å². The van der Waals surface area contributed by atoms with Crippen molar-refractivity contribution in [2.75, 3.05) is 11.1 Å². The largest absolute Gasteiger partial charge is 0.396 e. The van der Waals surface area contributed by atoms with Gasteiger partial charge in [-0.3, -0.25) is 15.0 Å². The van der Waals surface area contributed by atoms with Gasteiger partial charge in [0.15, 0.2) is 5.82 Å². The molecule has 1 amide bonds. The first-order valence-corrected chi connectivity index (χ1v) is 5.23. The first kappa shape index (κ1) is 11.2. The summed E-state index contributed by atoms with van der Waals surface area (Å²) in [7, 11) is 0. The maximum absolute atomic E-state index is 11.8. The van der Waals surface area contributed by atoms with Gasteiger partial charge in [0, 0.05) is 11.8 Å². The topological polar surface area (TPSA) is 112 Å². The molecule has 7 nitrogen and oxygen atoms in total. The van der Waals surface area contributed by atoms with Crippen LogP contribution in [0.3, 0.4) is 0 Å². The molecular formula is C10H14N6O. The second-order valence-electron chi connectivity index (χ2n) is 4.02. The predicted molar refractivity (Wildman–Crippen MR) is 63.6 cm³/mol. The Bertz CT molecular complexity index is 526. The van der Waals surface area contributed by atoms with Crippen LogP contribution in [0.25, 0.3) is 0 Å². The molecule has 2 aromatic heterocycles. The van der Waals surface area contributed by atoms with E-state index in [1.807, 2.05) is 13.8 Å². The van der Waals surface area contributed by atoms with E-state index < -0.39 is 0 Å². The number of anilines is 2. The highest BCUT2D eigenvalue weighted by Crippen LogP contribution is 2.16. The number of aromatic amines is 2. The molecule has 0 spiro atoms. The van der Waals surface area contributed by atoms with E-state index in [2.05, 4.69) is 25.7 Å². The van der Waals surface area contributed by atoms with E-state index in [0.29, 0.717) is 17.4 Å². The monoisotopic (exact) mass is 234 g/mol. The Morgan fingerprint density at radius 2 is 2.24 bits per heavy atom. The molecule has 0 unspecified atom stereocenters. The lowest BCUT2D eigenvalue weighted by molar-refractivity contribution is 0.102. The van der Waals surface area contributed by atoms with Gasteiger partial charge in [0.05, 0.1) is 11.9 Å². The number of carbonyl (C=O) groups is 1. The van der Waals surface area contributed by atoms with Crippen molar-refractivity contribution in [3.63, 3.8) is 0 Å². The third kappa shape index (κ3) is 2.27. The Balaban J connectivity index is 2.11. The smallest absolute Gasteiger partial charge is 0.277 e. The fourth-order valence-electron chi connectivity index (χ4n) is 1.35. The van der Waals surface area contributed by atoms with Crippen molar-refractivity contribution in [1.29, 1.82) is 0 Å². The zero-order valence-electron chi connectivity index (χ0n) is 9.61. The van der Waals surface area contributed by atoms with Gasteiger partial charge in [0.2, 0.25) is 0 Å². The first-order valence-electron chi connectivity index (χ1n) is 5.23. The average molecular weight is 234 g/mol. The standard InChI is InChI=1S/C10H14N6O/c1-5(2)7-3-8(15-14-7)13-10(17)9-6(11)4-12-16-9/h3-5H,11H2,1-2H3,(H,12,16)(H2,13,14,15,17). The second kappa shape index (κ2) is 4.28. The molecule has 0 saturated heterocycles. The molecular weight excluding hydrogens is 220 g/mol. The van der Waals surface area contributed by atoms with Gasteiger partial charge >= 0.3 is 0 Å². The highest BCUT2D eigenvalue weighted by Gasteiger charge is 2.13. The van der Waals surface area contributed by atoms with Crippen molar-refractivity contribution in [2.24, 2.45) is 0 Å². The maximum Gasteiger partial charge on any atom is 0.277 e. The van der Waals surface area contributed by atoms with E-state index in [9.17, 15) is 4.79 Å². The zero-order chi connectivity index (χ0) is 12.4. The number of amides is 1. The highest BCUT2D eigenvalue weighted by atomic mass is 16.2. The summed E-state index contributed by atoms with van der Waals surface area (Å²) in [4.78, 5) is 11.8. The van der Waals surface area contributed by atoms with Crippen LogP contribution < -0.4 is 11.1 Å². The second-order valence-corrected chi connectivity index (χ2v) is 4.02. The molecule has 0 bridgehead atoms. The van der Waals surface area contributed by atoms with Crippen LogP contribution in [0.5, 0.6) is 0 Å². The van der Waals surface area contributed by atoms with Crippen LogP contribution in [-0.2, 0) is 0 Å². The molecule has 0 aliphatic carbocycles. The number of nitrogens with one attached hydrogen (secondary N) is 3. The number of nitrogen functional groups attached to an aromatic ring is 1. The van der Waals surface area contributed by atoms with Crippen molar-refractivity contribution in [3.05, 3.63) is 23.7 Å². The Hall–Kier alpha value is -2.31. The van der Waals surface area contributed by atoms with E-state index in [-0.39, 0.29) is 11.6 Å². The molecule has 0 radical (unpaired) electrons. The van der Waals surface area contributed by atoms with Crippen LogP contribution in [0.4, 0.5) is 11.5 Å². The molecule has 2 rings (SSSR count). The van der Waals surface area contributed by atoms with Crippen molar-refractivity contribution >= 4 is 17.4 Å². The quantitative estimate of drug-likeness (QED) is 0.636. The Labute approximate surface area is 97.8 Å². The van der Waals surface area contributed by atoms with E-state index in [1.165, 1.54) is 6.20 Å². The predicted octanol–water partition coefficient (Wildman–Crippen LogP) is 1.09. The van der Waals surface area contributed by atoms with Gasteiger partial charge < -0.3 is 11.1 Å². The summed E-state index contributed by atoms with van der Waals surface area (Å²) in [5, 5.41) is 15.7. The Morgan fingerprint density at radius 1 is 1.47 bits per heavy atom. The van der Waals surface area contributed by atoms with Gasteiger partial charge in [-0.25, -0.2) is 0 Å². The number of rotatable bonds is 3. The number of aromatic nitrogens is 4. The van der Waals surface area contributed by atoms with Crippen LogP contribution in [0.15, 0.2) is 12.3 Å². The number of H-pyrrole nitrogens is 2. The van der Waals surface area contributed by atoms with Crippen LogP contribution in [0.1, 0.15) is 35.9 Å². The molecule has 2 aromatic rings. The molecule has 7 heteroatoms. The average Bonchev–Trinajstić information content (AvgIpc) is 2.86. The summed E-state index contributed by atoms with van der Waals surface area (Å²) in [6.07, 6.45) is 1.39. The molecule has 2 heterocycles. The summed E-state index contributed by atoms with van der Waals surface area (Å²) in [5.74, 6) is 0.430. The van der Waals surface area contributed by atoms with E-state index in [1.54, 1.807) is 6.07 Å². The fraction of sp³-hybridized carbons (Fsp3) is 0.300. The lowest BCUT2D eigenvalue weighted by Crippen LogP contribution is -2.14. The summed E-state index contributed by atoms with van der Waals surface area (Å²) >= 11 is 0. The van der Waals surface area contributed by atoms with Crippen LogP contribution in [0.2, 0.25) is 0 Å². The van der Waals surface area contributed by atoms with Gasteiger partial charge in [0.1, 0.15) is 5.69 Å². The van der Waals surface area contributed by atoms with Crippen molar-refractivity contribution < 1.29 is 4.79 Å². The van der Waals surface area contributed by atoms with Gasteiger partial charge in [-0.15, -0.1) is 0 Å². The van der Waals surface area contributed by atoms with Crippen LogP contribution in [-0.4, -0.2) is 26.3 Å². The molecule has 0 aromatic carbocycles. The molecule has 0 atom stereocenters. The molecule has 0 saturated carbocycles. The third-order valence-corrected chi connectivity index (χ3v) is 2.36. The number of nitrogens with zero attached hydrogens (tertiary/aromatic N) is 2. The SMILES string of the molecule is CC(C)c1cc(NC(=O)c2[nH]ncc2N)n[nH]1. The number of nitrogens with two attached hydrogens (primary N) is 1. The number of carbonyl (C=O) groups excluding carboxylic acids is 1. The minimum Gasteiger partial charge on any atom is -0.396 e. The van der Waals surface area contributed by atoms with Gasteiger partial charge in [-0.2, -0.15) is 10.2 Å². The molecule has 0 aliphatic heterocycles. The number of hydrogen-bond acceptors (Lipinski definition) is 4. The summed E-state index contributed by atoms with van der Waals surface area (Å²) in [6.45, 7) is 4.07.